The second-order valence-corrected chi connectivity index (χ2v) is 2.77. The Balaban J connectivity index is 3.27. The quantitative estimate of drug-likeness (QED) is 0.561. The molecule has 52 valence electrons. The van der Waals surface area contributed by atoms with Crippen LogP contribution in [0.2, 0.25) is 0 Å². The summed E-state index contributed by atoms with van der Waals surface area (Å²) in [5.74, 6) is -0.543. The van der Waals surface area contributed by atoms with E-state index >= 15 is 0 Å². The van der Waals surface area contributed by atoms with E-state index in [0.29, 0.717) is 9.86 Å². The van der Waals surface area contributed by atoms with Crippen molar-refractivity contribution < 1.29 is 9.18 Å². The molecule has 0 amide bonds. The fourth-order valence-corrected chi connectivity index (χ4v) is 0.954. The van der Waals surface area contributed by atoms with Gasteiger partial charge in [0.25, 0.3) is 0 Å². The number of hydrogen-bond acceptors (Lipinski definition) is 2. The molecule has 10 heavy (non-hydrogen) atoms. The van der Waals surface area contributed by atoms with Gasteiger partial charge in [0, 0.05) is 6.20 Å². The summed E-state index contributed by atoms with van der Waals surface area (Å²) in [5, 5.41) is 0. The van der Waals surface area contributed by atoms with E-state index in [2.05, 4.69) is 4.98 Å². The maximum atomic E-state index is 12.7. The van der Waals surface area contributed by atoms with Crippen molar-refractivity contribution >= 4 is 28.9 Å². The Morgan fingerprint density at radius 3 is 2.90 bits per heavy atom. The molecule has 0 saturated carbocycles. The molecule has 4 heteroatoms. The summed E-state index contributed by atoms with van der Waals surface area (Å²) in [6.07, 6.45) is 1.80. The van der Waals surface area contributed by atoms with Gasteiger partial charge in [-0.2, -0.15) is 0 Å². The van der Waals surface area contributed by atoms with Gasteiger partial charge in [0.15, 0.2) is 12.1 Å². The number of aldehydes is 1. The minimum atomic E-state index is -0.543. The molecule has 0 unspecified atom stereocenters. The van der Waals surface area contributed by atoms with Crippen LogP contribution in [0.4, 0.5) is 4.39 Å². The van der Waals surface area contributed by atoms with Crippen molar-refractivity contribution in [2.45, 2.75) is 0 Å². The molecular formula is C6H3FINO. The molecular weight excluding hydrogens is 248 g/mol. The highest BCUT2D eigenvalue weighted by Crippen LogP contribution is 2.10. The van der Waals surface area contributed by atoms with Crippen LogP contribution in [0.25, 0.3) is 0 Å². The van der Waals surface area contributed by atoms with Gasteiger partial charge in [-0.3, -0.25) is 9.78 Å². The Kier molecular flexibility index (Phi) is 2.31. The lowest BCUT2D eigenvalue weighted by Gasteiger charge is -1.93. The zero-order valence-electron chi connectivity index (χ0n) is 4.84. The maximum Gasteiger partial charge on any atom is 0.171 e. The van der Waals surface area contributed by atoms with Gasteiger partial charge in [0.05, 0.1) is 3.57 Å². The third-order valence-electron chi connectivity index (χ3n) is 0.981. The predicted molar refractivity (Wildman–Crippen MR) is 42.3 cm³/mol. The van der Waals surface area contributed by atoms with Gasteiger partial charge >= 0.3 is 0 Å². The first-order chi connectivity index (χ1) is 4.75. The standard InChI is InChI=1S/C6H3FINO/c7-6-4(8)1-2-9-5(6)3-10/h1-3H. The Morgan fingerprint density at radius 2 is 2.40 bits per heavy atom. The zero-order chi connectivity index (χ0) is 7.56. The summed E-state index contributed by atoms with van der Waals surface area (Å²) in [5.41, 5.74) is -0.132. The third kappa shape index (κ3) is 1.31. The highest BCUT2D eigenvalue weighted by Gasteiger charge is 2.04. The molecule has 0 saturated heterocycles. The Bertz CT molecular complexity index is 264. The summed E-state index contributed by atoms with van der Waals surface area (Å²) >= 11 is 1.80. The summed E-state index contributed by atoms with van der Waals surface area (Å²) in [7, 11) is 0. The van der Waals surface area contributed by atoms with Crippen molar-refractivity contribution in [1.82, 2.24) is 4.98 Å². The van der Waals surface area contributed by atoms with E-state index in [-0.39, 0.29) is 5.69 Å². The minimum absolute atomic E-state index is 0.132. The molecule has 0 fully saturated rings. The lowest BCUT2D eigenvalue weighted by molar-refractivity contribution is 0.111. The van der Waals surface area contributed by atoms with Gasteiger partial charge in [0.1, 0.15) is 5.69 Å². The normalized spacial score (nSPS) is 9.40. The van der Waals surface area contributed by atoms with E-state index in [1.54, 1.807) is 22.6 Å². The molecule has 0 spiro atoms. The Labute approximate surface area is 70.6 Å². The highest BCUT2D eigenvalue weighted by molar-refractivity contribution is 14.1. The topological polar surface area (TPSA) is 30.0 Å². The first-order valence-electron chi connectivity index (χ1n) is 2.51. The van der Waals surface area contributed by atoms with Gasteiger partial charge in [-0.05, 0) is 28.7 Å². The van der Waals surface area contributed by atoms with Gasteiger partial charge < -0.3 is 0 Å². The van der Waals surface area contributed by atoms with E-state index in [1.165, 1.54) is 12.3 Å². The number of carbonyl (C=O) groups is 1. The lowest BCUT2D eigenvalue weighted by Crippen LogP contribution is -1.94. The highest BCUT2D eigenvalue weighted by atomic mass is 127. The van der Waals surface area contributed by atoms with Gasteiger partial charge in [0.2, 0.25) is 0 Å². The molecule has 0 aliphatic carbocycles. The molecule has 0 N–H and O–H groups in total. The first-order valence-corrected chi connectivity index (χ1v) is 3.58. The maximum absolute atomic E-state index is 12.7. The van der Waals surface area contributed by atoms with Gasteiger partial charge in [-0.25, -0.2) is 4.39 Å². The van der Waals surface area contributed by atoms with Crippen LogP contribution in [-0.4, -0.2) is 11.3 Å². The van der Waals surface area contributed by atoms with Crippen LogP contribution in [0.5, 0.6) is 0 Å². The second kappa shape index (κ2) is 3.05. The van der Waals surface area contributed by atoms with Crippen molar-refractivity contribution in [2.75, 3.05) is 0 Å². The van der Waals surface area contributed by atoms with Gasteiger partial charge in [-0.15, -0.1) is 0 Å². The van der Waals surface area contributed by atoms with E-state index in [0.717, 1.165) is 0 Å². The average Bonchev–Trinajstić information content (AvgIpc) is 1.95. The monoisotopic (exact) mass is 251 g/mol. The first kappa shape index (κ1) is 7.59. The molecule has 1 aromatic rings. The van der Waals surface area contributed by atoms with Crippen LogP contribution >= 0.6 is 22.6 Å². The molecule has 0 aliphatic rings. The number of aromatic nitrogens is 1. The van der Waals surface area contributed by atoms with Crippen molar-refractivity contribution in [3.63, 3.8) is 0 Å². The van der Waals surface area contributed by atoms with Crippen molar-refractivity contribution in [1.29, 1.82) is 0 Å². The number of halogens is 2. The van der Waals surface area contributed by atoms with Crippen molar-refractivity contribution in [3.05, 3.63) is 27.3 Å². The van der Waals surface area contributed by atoms with Crippen LogP contribution in [0.15, 0.2) is 12.3 Å². The zero-order valence-corrected chi connectivity index (χ0v) is 7.00. The fourth-order valence-electron chi connectivity index (χ4n) is 0.517. The smallest absolute Gasteiger partial charge is 0.171 e. The van der Waals surface area contributed by atoms with Crippen LogP contribution in [0.3, 0.4) is 0 Å². The van der Waals surface area contributed by atoms with Gasteiger partial charge in [-0.1, -0.05) is 0 Å². The van der Waals surface area contributed by atoms with Crippen molar-refractivity contribution in [3.8, 4) is 0 Å². The molecule has 0 radical (unpaired) electrons. The second-order valence-electron chi connectivity index (χ2n) is 1.61. The van der Waals surface area contributed by atoms with E-state index in [1.807, 2.05) is 0 Å². The number of hydrogen-bond donors (Lipinski definition) is 0. The van der Waals surface area contributed by atoms with Crippen LogP contribution < -0.4 is 0 Å². The average molecular weight is 251 g/mol. The number of carbonyl (C=O) groups excluding carboxylic acids is 1. The third-order valence-corrected chi connectivity index (χ3v) is 1.81. The minimum Gasteiger partial charge on any atom is -0.296 e. The fraction of sp³-hybridized carbons (Fsp3) is 0. The summed E-state index contributed by atoms with van der Waals surface area (Å²) in [6, 6.07) is 1.50. The summed E-state index contributed by atoms with van der Waals surface area (Å²) in [4.78, 5) is 13.6. The molecule has 1 aromatic heterocycles. The molecule has 1 heterocycles. The lowest BCUT2D eigenvalue weighted by atomic mass is 10.4. The van der Waals surface area contributed by atoms with Crippen LogP contribution in [-0.2, 0) is 0 Å². The summed E-state index contributed by atoms with van der Waals surface area (Å²) < 4.78 is 13.1. The number of pyridine rings is 1. The number of rotatable bonds is 1. The molecule has 0 bridgehead atoms. The molecule has 1 rings (SSSR count). The molecule has 0 aliphatic heterocycles. The molecule has 0 atom stereocenters. The SMILES string of the molecule is O=Cc1nccc(I)c1F. The predicted octanol–water partition coefficient (Wildman–Crippen LogP) is 1.64. The van der Waals surface area contributed by atoms with E-state index in [4.69, 9.17) is 0 Å². The number of nitrogens with zero attached hydrogens (tertiary/aromatic N) is 1. The van der Waals surface area contributed by atoms with E-state index in [9.17, 15) is 9.18 Å². The molecule has 2 nitrogen and oxygen atoms in total. The van der Waals surface area contributed by atoms with Crippen molar-refractivity contribution in [2.24, 2.45) is 0 Å². The largest absolute Gasteiger partial charge is 0.296 e. The summed E-state index contributed by atoms with van der Waals surface area (Å²) in [6.45, 7) is 0. The van der Waals surface area contributed by atoms with Crippen LogP contribution in [0.1, 0.15) is 10.5 Å². The molecule has 0 aromatic carbocycles. The Morgan fingerprint density at radius 1 is 1.70 bits per heavy atom. The Hall–Kier alpha value is -0.520. The van der Waals surface area contributed by atoms with Crippen LogP contribution in [0, 0.1) is 9.39 Å². The van der Waals surface area contributed by atoms with E-state index < -0.39 is 5.82 Å².